The van der Waals surface area contributed by atoms with E-state index in [1.807, 2.05) is 54.6 Å². The third-order valence-electron chi connectivity index (χ3n) is 3.46. The highest BCUT2D eigenvalue weighted by Crippen LogP contribution is 2.36. The van der Waals surface area contributed by atoms with Crippen molar-refractivity contribution in [2.45, 2.75) is 6.10 Å². The third-order valence-corrected chi connectivity index (χ3v) is 5.33. The lowest BCUT2D eigenvalue weighted by molar-refractivity contribution is 0.221. The zero-order chi connectivity index (χ0) is 15.0. The van der Waals surface area contributed by atoms with Crippen molar-refractivity contribution in [1.29, 1.82) is 0 Å². The molecule has 0 fully saturated rings. The molecule has 3 rings (SSSR count). The molecule has 0 saturated heterocycles. The standard InChI is InChI=1S/C17H11Br3O/c18-10-5-6-14(16(20)9-10)17(21)13-7-8-15(19)12-4-2-1-3-11(12)13/h1-9,17,21H. The van der Waals surface area contributed by atoms with E-state index in [4.69, 9.17) is 0 Å². The molecular formula is C17H11Br3O. The molecule has 0 saturated carbocycles. The minimum absolute atomic E-state index is 0.675. The molecule has 0 aliphatic rings. The molecule has 0 spiro atoms. The van der Waals surface area contributed by atoms with E-state index in [0.29, 0.717) is 0 Å². The maximum Gasteiger partial charge on any atom is 0.106 e. The molecule has 1 unspecified atom stereocenters. The fourth-order valence-electron chi connectivity index (χ4n) is 2.41. The van der Waals surface area contributed by atoms with Crippen molar-refractivity contribution in [3.8, 4) is 0 Å². The van der Waals surface area contributed by atoms with Crippen LogP contribution in [0, 0.1) is 0 Å². The molecule has 0 aromatic heterocycles. The van der Waals surface area contributed by atoms with Gasteiger partial charge in [0.1, 0.15) is 6.10 Å². The fourth-order valence-corrected chi connectivity index (χ4v) is 4.16. The van der Waals surface area contributed by atoms with Crippen molar-refractivity contribution in [3.63, 3.8) is 0 Å². The van der Waals surface area contributed by atoms with E-state index >= 15 is 0 Å². The second-order valence-corrected chi connectivity index (χ2v) is 7.37. The Morgan fingerprint density at radius 1 is 0.714 bits per heavy atom. The Morgan fingerprint density at radius 3 is 2.10 bits per heavy atom. The molecule has 1 N–H and O–H groups in total. The molecule has 0 aliphatic carbocycles. The van der Waals surface area contributed by atoms with Crippen LogP contribution in [-0.2, 0) is 0 Å². The van der Waals surface area contributed by atoms with Gasteiger partial charge in [0, 0.05) is 13.4 Å². The molecular weight excluding hydrogens is 460 g/mol. The van der Waals surface area contributed by atoms with Gasteiger partial charge in [-0.3, -0.25) is 0 Å². The summed E-state index contributed by atoms with van der Waals surface area (Å²) in [5.41, 5.74) is 1.75. The highest BCUT2D eigenvalue weighted by atomic mass is 79.9. The maximum atomic E-state index is 10.8. The fraction of sp³-hybridized carbons (Fsp3) is 0.0588. The first-order valence-electron chi connectivity index (χ1n) is 6.38. The molecule has 0 heterocycles. The van der Waals surface area contributed by atoms with Gasteiger partial charge in [0.05, 0.1) is 0 Å². The molecule has 21 heavy (non-hydrogen) atoms. The first-order valence-corrected chi connectivity index (χ1v) is 8.76. The Kier molecular flexibility index (Phi) is 4.50. The van der Waals surface area contributed by atoms with Crippen molar-refractivity contribution in [1.82, 2.24) is 0 Å². The van der Waals surface area contributed by atoms with E-state index in [1.165, 1.54) is 0 Å². The smallest absolute Gasteiger partial charge is 0.106 e. The van der Waals surface area contributed by atoms with E-state index in [2.05, 4.69) is 47.8 Å². The topological polar surface area (TPSA) is 20.2 Å². The Hall–Kier alpha value is -0.680. The van der Waals surface area contributed by atoms with Crippen LogP contribution in [0.3, 0.4) is 0 Å². The van der Waals surface area contributed by atoms with E-state index < -0.39 is 6.10 Å². The van der Waals surface area contributed by atoms with Crippen LogP contribution in [0.2, 0.25) is 0 Å². The van der Waals surface area contributed by atoms with E-state index in [0.717, 1.165) is 35.3 Å². The van der Waals surface area contributed by atoms with Gasteiger partial charge in [-0.05, 0) is 40.1 Å². The Labute approximate surface area is 148 Å². The number of hydrogen-bond donors (Lipinski definition) is 1. The second kappa shape index (κ2) is 6.21. The lowest BCUT2D eigenvalue weighted by Gasteiger charge is -2.16. The summed E-state index contributed by atoms with van der Waals surface area (Å²) in [6.45, 7) is 0. The Balaban J connectivity index is 2.18. The Morgan fingerprint density at radius 2 is 1.38 bits per heavy atom. The summed E-state index contributed by atoms with van der Waals surface area (Å²) in [7, 11) is 0. The van der Waals surface area contributed by atoms with Crippen LogP contribution < -0.4 is 0 Å². The number of aliphatic hydroxyl groups is 1. The zero-order valence-corrected chi connectivity index (χ0v) is 15.6. The van der Waals surface area contributed by atoms with Crippen LogP contribution >= 0.6 is 47.8 Å². The summed E-state index contributed by atoms with van der Waals surface area (Å²) in [6, 6.07) is 17.8. The first kappa shape index (κ1) is 15.2. The summed E-state index contributed by atoms with van der Waals surface area (Å²) in [5.74, 6) is 0. The third kappa shape index (κ3) is 2.95. The number of benzene rings is 3. The van der Waals surface area contributed by atoms with Gasteiger partial charge in [-0.15, -0.1) is 0 Å². The van der Waals surface area contributed by atoms with Crippen molar-refractivity contribution in [2.24, 2.45) is 0 Å². The molecule has 0 amide bonds. The molecule has 1 atom stereocenters. The summed E-state index contributed by atoms with van der Waals surface area (Å²) >= 11 is 10.5. The second-order valence-electron chi connectivity index (χ2n) is 4.75. The van der Waals surface area contributed by atoms with Gasteiger partial charge < -0.3 is 5.11 Å². The molecule has 0 radical (unpaired) electrons. The zero-order valence-electron chi connectivity index (χ0n) is 10.9. The SMILES string of the molecule is OC(c1ccc(Br)cc1Br)c1ccc(Br)c2ccccc12. The van der Waals surface area contributed by atoms with E-state index in [9.17, 15) is 5.11 Å². The monoisotopic (exact) mass is 468 g/mol. The normalized spacial score (nSPS) is 12.6. The predicted octanol–water partition coefficient (Wildman–Crippen LogP) is 6.21. The van der Waals surface area contributed by atoms with Gasteiger partial charge in [0.15, 0.2) is 0 Å². The molecule has 3 aromatic rings. The highest BCUT2D eigenvalue weighted by Gasteiger charge is 2.17. The molecule has 4 heteroatoms. The summed E-state index contributed by atoms with van der Waals surface area (Å²) < 4.78 is 2.89. The summed E-state index contributed by atoms with van der Waals surface area (Å²) in [5, 5.41) is 12.9. The average Bonchev–Trinajstić information content (AvgIpc) is 2.47. The lowest BCUT2D eigenvalue weighted by atomic mass is 9.96. The average molecular weight is 471 g/mol. The van der Waals surface area contributed by atoms with Gasteiger partial charge in [-0.25, -0.2) is 0 Å². The van der Waals surface area contributed by atoms with Crippen LogP contribution in [0.25, 0.3) is 10.8 Å². The maximum absolute atomic E-state index is 10.8. The van der Waals surface area contributed by atoms with Crippen molar-refractivity contribution < 1.29 is 5.11 Å². The van der Waals surface area contributed by atoms with Gasteiger partial charge in [0.2, 0.25) is 0 Å². The van der Waals surface area contributed by atoms with E-state index in [1.54, 1.807) is 0 Å². The van der Waals surface area contributed by atoms with Crippen LogP contribution in [0.5, 0.6) is 0 Å². The predicted molar refractivity (Wildman–Crippen MR) is 97.6 cm³/mol. The van der Waals surface area contributed by atoms with Crippen LogP contribution in [0.15, 0.2) is 68.0 Å². The van der Waals surface area contributed by atoms with Crippen molar-refractivity contribution in [2.75, 3.05) is 0 Å². The van der Waals surface area contributed by atoms with Gasteiger partial charge in [-0.1, -0.05) is 84.2 Å². The van der Waals surface area contributed by atoms with Gasteiger partial charge in [0.25, 0.3) is 0 Å². The molecule has 106 valence electrons. The summed E-state index contributed by atoms with van der Waals surface area (Å²) in [6.07, 6.45) is -0.675. The van der Waals surface area contributed by atoms with E-state index in [-0.39, 0.29) is 0 Å². The minimum atomic E-state index is -0.675. The number of hydrogen-bond acceptors (Lipinski definition) is 1. The number of fused-ring (bicyclic) bond motifs is 1. The lowest BCUT2D eigenvalue weighted by Crippen LogP contribution is -2.01. The molecule has 0 bridgehead atoms. The van der Waals surface area contributed by atoms with Crippen molar-refractivity contribution in [3.05, 3.63) is 79.1 Å². The molecule has 3 aromatic carbocycles. The molecule has 1 nitrogen and oxygen atoms in total. The minimum Gasteiger partial charge on any atom is -0.384 e. The first-order chi connectivity index (χ1) is 10.1. The quantitative estimate of drug-likeness (QED) is 0.472. The van der Waals surface area contributed by atoms with Crippen LogP contribution in [0.1, 0.15) is 17.2 Å². The van der Waals surface area contributed by atoms with Gasteiger partial charge >= 0.3 is 0 Å². The number of rotatable bonds is 2. The summed E-state index contributed by atoms with van der Waals surface area (Å²) in [4.78, 5) is 0. The van der Waals surface area contributed by atoms with Gasteiger partial charge in [-0.2, -0.15) is 0 Å². The molecule has 0 aliphatic heterocycles. The highest BCUT2D eigenvalue weighted by molar-refractivity contribution is 9.11. The number of aliphatic hydroxyl groups excluding tert-OH is 1. The van der Waals surface area contributed by atoms with Crippen molar-refractivity contribution >= 4 is 58.6 Å². The van der Waals surface area contributed by atoms with Crippen LogP contribution in [0.4, 0.5) is 0 Å². The number of halogens is 3. The van der Waals surface area contributed by atoms with Crippen LogP contribution in [-0.4, -0.2) is 5.11 Å². The Bertz CT molecular complexity index is 814. The largest absolute Gasteiger partial charge is 0.384 e.